The number of nitrogens with zero attached hydrogens (tertiary/aromatic N) is 6. The molecular weight excluding hydrogens is 383 g/mol. The second-order valence-electron chi connectivity index (χ2n) is 5.90. The molecule has 0 aliphatic heterocycles. The Bertz CT molecular complexity index is 1210. The van der Waals surface area contributed by atoms with E-state index in [1.54, 1.807) is 36.4 Å². The highest BCUT2D eigenvalue weighted by Gasteiger charge is 2.37. The first-order valence-corrected chi connectivity index (χ1v) is 8.59. The first-order valence-electron chi connectivity index (χ1n) is 7.71. The van der Waals surface area contributed by atoms with Gasteiger partial charge in [-0.1, -0.05) is 0 Å². The lowest BCUT2D eigenvalue weighted by Gasteiger charge is -2.19. The number of aromatic nitrogens is 6. The number of hydrogen-bond acceptors (Lipinski definition) is 7. The normalized spacial score (nSPS) is 12.2. The minimum absolute atomic E-state index is 0.154. The van der Waals surface area contributed by atoms with Gasteiger partial charge < -0.3 is 9.88 Å². The molecule has 8 nitrogen and oxygen atoms in total. The molecule has 12 heteroatoms. The monoisotopic (exact) mass is 395 g/mol. The van der Waals surface area contributed by atoms with E-state index in [9.17, 15) is 18.0 Å². The van der Waals surface area contributed by atoms with Crippen molar-refractivity contribution in [2.45, 2.75) is 19.6 Å². The summed E-state index contributed by atoms with van der Waals surface area (Å²) in [4.78, 5) is 28.2. The van der Waals surface area contributed by atoms with Crippen LogP contribution in [0.2, 0.25) is 0 Å². The molecule has 4 aromatic heterocycles. The van der Waals surface area contributed by atoms with Crippen LogP contribution < -0.4 is 10.5 Å². The van der Waals surface area contributed by atoms with Crippen molar-refractivity contribution in [2.75, 3.05) is 11.9 Å². The smallest absolute Gasteiger partial charge is 0.352 e. The number of nitrogens with one attached hydrogen (secondary N) is 1. The number of aromatic amines is 1. The topological polar surface area (TPSA) is 92.1 Å². The Hall–Kier alpha value is -3.02. The van der Waals surface area contributed by atoms with Gasteiger partial charge in [0.15, 0.2) is 0 Å². The van der Waals surface area contributed by atoms with Crippen molar-refractivity contribution in [1.29, 1.82) is 0 Å². The van der Waals surface area contributed by atoms with Gasteiger partial charge in [0.2, 0.25) is 0 Å². The Labute approximate surface area is 153 Å². The highest BCUT2D eigenvalue weighted by molar-refractivity contribution is 7.17. The number of halogens is 3. The summed E-state index contributed by atoms with van der Waals surface area (Å²) in [5.74, 6) is -0.693. The summed E-state index contributed by atoms with van der Waals surface area (Å²) in [6, 6.07) is 3.32. The predicted molar refractivity (Wildman–Crippen MR) is 92.9 cm³/mol. The number of fused-ring (bicyclic) bond motifs is 2. The average molecular weight is 395 g/mol. The van der Waals surface area contributed by atoms with Crippen molar-refractivity contribution >= 4 is 33.1 Å². The Morgan fingerprint density at radius 2 is 2.07 bits per heavy atom. The first-order chi connectivity index (χ1) is 12.7. The number of anilines is 1. The Balaban J connectivity index is 1.76. The van der Waals surface area contributed by atoms with Crippen molar-refractivity contribution in [3.63, 3.8) is 0 Å². The van der Waals surface area contributed by atoms with Crippen LogP contribution in [0.3, 0.4) is 0 Å². The lowest BCUT2D eigenvalue weighted by molar-refractivity contribution is -0.144. The molecule has 0 aromatic carbocycles. The molecule has 4 aromatic rings. The van der Waals surface area contributed by atoms with Gasteiger partial charge in [-0.2, -0.15) is 22.7 Å². The quantitative estimate of drug-likeness (QED) is 0.573. The number of alkyl halides is 3. The molecule has 0 radical (unpaired) electrons. The Kier molecular flexibility index (Phi) is 3.87. The minimum Gasteiger partial charge on any atom is -0.352 e. The van der Waals surface area contributed by atoms with E-state index < -0.39 is 12.0 Å². The molecule has 0 bridgehead atoms. The van der Waals surface area contributed by atoms with E-state index in [1.807, 2.05) is 0 Å². The van der Waals surface area contributed by atoms with Crippen LogP contribution >= 0.6 is 11.3 Å². The van der Waals surface area contributed by atoms with Gasteiger partial charge in [0, 0.05) is 18.8 Å². The molecule has 0 spiro atoms. The third kappa shape index (κ3) is 3.12. The fourth-order valence-electron chi connectivity index (χ4n) is 2.66. The van der Waals surface area contributed by atoms with Gasteiger partial charge in [0.05, 0.1) is 12.1 Å². The van der Waals surface area contributed by atoms with E-state index in [2.05, 4.69) is 25.0 Å². The van der Waals surface area contributed by atoms with Crippen LogP contribution in [0.4, 0.5) is 19.0 Å². The van der Waals surface area contributed by atoms with Crippen LogP contribution in [0.1, 0.15) is 17.3 Å². The molecule has 1 N–H and O–H groups in total. The van der Waals surface area contributed by atoms with E-state index in [4.69, 9.17) is 0 Å². The van der Waals surface area contributed by atoms with Gasteiger partial charge in [-0.05, 0) is 18.4 Å². The maximum absolute atomic E-state index is 12.9. The molecule has 0 atom stereocenters. The predicted octanol–water partition coefficient (Wildman–Crippen LogP) is 2.39. The fraction of sp³-hybridized carbons (Fsp3) is 0.267. The Morgan fingerprint density at radius 3 is 2.81 bits per heavy atom. The van der Waals surface area contributed by atoms with Gasteiger partial charge in [-0.3, -0.25) is 4.79 Å². The summed E-state index contributed by atoms with van der Waals surface area (Å²) in [5.41, 5.74) is 0.804. The van der Waals surface area contributed by atoms with Gasteiger partial charge in [0.1, 0.15) is 16.3 Å². The summed E-state index contributed by atoms with van der Waals surface area (Å²) in [6.45, 7) is 1.80. The van der Waals surface area contributed by atoms with Crippen LogP contribution in [-0.2, 0) is 12.7 Å². The number of rotatable bonds is 3. The zero-order valence-electron chi connectivity index (χ0n) is 14.1. The number of hydrogen-bond donors (Lipinski definition) is 1. The minimum atomic E-state index is -4.67. The molecule has 0 aliphatic rings. The van der Waals surface area contributed by atoms with Gasteiger partial charge in [-0.25, -0.2) is 9.97 Å². The van der Waals surface area contributed by atoms with E-state index in [0.29, 0.717) is 27.6 Å². The van der Waals surface area contributed by atoms with Crippen molar-refractivity contribution in [3.8, 4) is 0 Å². The summed E-state index contributed by atoms with van der Waals surface area (Å²) in [7, 11) is 1.65. The van der Waals surface area contributed by atoms with Crippen LogP contribution in [0.5, 0.6) is 0 Å². The van der Waals surface area contributed by atoms with Gasteiger partial charge in [-0.15, -0.1) is 16.4 Å². The fourth-order valence-corrected chi connectivity index (χ4v) is 3.39. The zero-order chi connectivity index (χ0) is 19.3. The average Bonchev–Trinajstić information content (AvgIpc) is 3.20. The maximum Gasteiger partial charge on any atom is 0.453 e. The van der Waals surface area contributed by atoms with Crippen molar-refractivity contribution < 1.29 is 13.2 Å². The molecule has 0 saturated heterocycles. The van der Waals surface area contributed by atoms with Crippen LogP contribution in [0.15, 0.2) is 22.3 Å². The first kappa shape index (κ1) is 17.4. The van der Waals surface area contributed by atoms with E-state index in [-0.39, 0.29) is 17.9 Å². The molecule has 0 aliphatic carbocycles. The zero-order valence-corrected chi connectivity index (χ0v) is 14.9. The molecule has 0 unspecified atom stereocenters. The molecule has 4 rings (SSSR count). The molecule has 0 amide bonds. The van der Waals surface area contributed by atoms with Crippen LogP contribution in [-0.4, -0.2) is 36.6 Å². The van der Waals surface area contributed by atoms with E-state index in [1.165, 1.54) is 11.3 Å². The Morgan fingerprint density at radius 1 is 1.30 bits per heavy atom. The molecule has 4 heterocycles. The number of H-pyrrole nitrogens is 1. The van der Waals surface area contributed by atoms with Crippen molar-refractivity contribution in [1.82, 2.24) is 29.5 Å². The largest absolute Gasteiger partial charge is 0.453 e. The molecule has 27 heavy (non-hydrogen) atoms. The second-order valence-corrected chi connectivity index (χ2v) is 6.82. The van der Waals surface area contributed by atoms with Crippen LogP contribution in [0.25, 0.3) is 16.0 Å². The van der Waals surface area contributed by atoms with Gasteiger partial charge in [0.25, 0.3) is 17.2 Å². The highest BCUT2D eigenvalue weighted by Crippen LogP contribution is 2.27. The van der Waals surface area contributed by atoms with Crippen molar-refractivity contribution in [3.05, 3.63) is 45.2 Å². The molecule has 140 valence electrons. The third-order valence-corrected chi connectivity index (χ3v) is 4.72. The van der Waals surface area contributed by atoms with E-state index in [0.717, 1.165) is 4.52 Å². The summed E-state index contributed by atoms with van der Waals surface area (Å²) >= 11 is 1.29. The standard InChI is InChI=1S/C15H12F3N7OS/c1-7-5-10(25-14(19-7)22-13(23-25)15(16,17)18)24(2)6-9-20-8-3-4-27-11(8)12(26)21-9/h3-5H,6H2,1-2H3,(H,20,21,26). The van der Waals surface area contributed by atoms with E-state index >= 15 is 0 Å². The summed E-state index contributed by atoms with van der Waals surface area (Å²) in [6.07, 6.45) is -4.67. The number of thiophene rings is 1. The summed E-state index contributed by atoms with van der Waals surface area (Å²) in [5, 5.41) is 5.30. The molecule has 0 saturated carbocycles. The molecule has 0 fully saturated rings. The highest BCUT2D eigenvalue weighted by atomic mass is 32.1. The van der Waals surface area contributed by atoms with Crippen LogP contribution in [0, 0.1) is 6.92 Å². The number of aryl methyl sites for hydroxylation is 1. The lowest BCUT2D eigenvalue weighted by Crippen LogP contribution is -2.23. The van der Waals surface area contributed by atoms with Crippen molar-refractivity contribution in [2.24, 2.45) is 0 Å². The summed E-state index contributed by atoms with van der Waals surface area (Å²) < 4.78 is 40.4. The van der Waals surface area contributed by atoms with Gasteiger partial charge >= 0.3 is 6.18 Å². The second kappa shape index (κ2) is 6.01. The lowest BCUT2D eigenvalue weighted by atomic mass is 10.4. The maximum atomic E-state index is 12.9. The molecular formula is C15H12F3N7OS. The third-order valence-electron chi connectivity index (χ3n) is 3.82. The SMILES string of the molecule is Cc1cc(N(C)Cc2nc3ccsc3c(=O)[nH]2)n2nc(C(F)(F)F)nc2n1.